The summed E-state index contributed by atoms with van der Waals surface area (Å²) < 4.78 is 23.0. The lowest BCUT2D eigenvalue weighted by Crippen LogP contribution is -2.35. The minimum absolute atomic E-state index is 0.387. The monoisotopic (exact) mass is 414 g/mol. The average Bonchev–Trinajstić information content (AvgIpc) is 2.71. The summed E-state index contributed by atoms with van der Waals surface area (Å²) in [5.41, 5.74) is 0.792. The van der Waals surface area contributed by atoms with Crippen molar-refractivity contribution < 1.29 is 24.1 Å². The summed E-state index contributed by atoms with van der Waals surface area (Å²) in [4.78, 5) is 0. The molecule has 4 rings (SSSR count). The highest BCUT2D eigenvalue weighted by molar-refractivity contribution is 6.31. The van der Waals surface area contributed by atoms with Crippen molar-refractivity contribution in [3.05, 3.63) is 58.6 Å². The van der Waals surface area contributed by atoms with Crippen LogP contribution in [-0.4, -0.2) is 26.4 Å². The van der Waals surface area contributed by atoms with Gasteiger partial charge >= 0.3 is 0 Å². The van der Waals surface area contributed by atoms with E-state index in [9.17, 15) is 5.11 Å². The van der Waals surface area contributed by atoms with E-state index in [-0.39, 0.29) is 0 Å². The van der Waals surface area contributed by atoms with Crippen LogP contribution < -0.4 is 18.9 Å². The molecule has 3 aromatic rings. The number of rotatable bonds is 4. The van der Waals surface area contributed by atoms with Gasteiger partial charge in [-0.3, -0.25) is 0 Å². The molecule has 0 saturated carbocycles. The SMILES string of the molecule is COc1cc([C@@]2(C)CC(O)c3ccc4cc(Cl)ccc4c3O2)cc(OC)c1OC. The van der Waals surface area contributed by atoms with E-state index in [1.807, 2.05) is 49.4 Å². The van der Waals surface area contributed by atoms with Gasteiger partial charge in [-0.2, -0.15) is 0 Å². The van der Waals surface area contributed by atoms with Gasteiger partial charge in [0, 0.05) is 28.0 Å². The molecular weight excluding hydrogens is 392 g/mol. The summed E-state index contributed by atoms with van der Waals surface area (Å²) in [6.45, 7) is 1.95. The van der Waals surface area contributed by atoms with Gasteiger partial charge < -0.3 is 24.1 Å². The number of benzene rings is 3. The smallest absolute Gasteiger partial charge is 0.203 e. The molecule has 0 spiro atoms. The van der Waals surface area contributed by atoms with Crippen molar-refractivity contribution in [2.75, 3.05) is 21.3 Å². The number of fused-ring (bicyclic) bond motifs is 3. The third-order valence-electron chi connectivity index (χ3n) is 5.51. The van der Waals surface area contributed by atoms with Gasteiger partial charge in [0.05, 0.1) is 27.4 Å². The molecule has 1 aliphatic heterocycles. The molecule has 0 bridgehead atoms. The first-order valence-corrected chi connectivity index (χ1v) is 9.67. The maximum atomic E-state index is 10.9. The summed E-state index contributed by atoms with van der Waals surface area (Å²) in [6.07, 6.45) is -0.291. The molecule has 5 nitrogen and oxygen atoms in total. The molecule has 0 fully saturated rings. The topological polar surface area (TPSA) is 57.2 Å². The molecule has 2 atom stereocenters. The van der Waals surface area contributed by atoms with Crippen molar-refractivity contribution in [3.63, 3.8) is 0 Å². The van der Waals surface area contributed by atoms with Crippen LogP contribution in [0.3, 0.4) is 0 Å². The Morgan fingerprint density at radius 3 is 2.31 bits per heavy atom. The van der Waals surface area contributed by atoms with Gasteiger partial charge in [-0.15, -0.1) is 0 Å². The standard InChI is InChI=1S/C23H23ClO5/c1-23(14-10-19(26-2)22(28-4)20(11-14)27-3)12-18(25)17-7-5-13-9-15(24)6-8-16(13)21(17)29-23/h5-11,18,25H,12H2,1-4H3/t18?,23-/m1/s1. The largest absolute Gasteiger partial charge is 0.493 e. The molecule has 0 aromatic heterocycles. The summed E-state index contributed by atoms with van der Waals surface area (Å²) in [5.74, 6) is 2.25. The van der Waals surface area contributed by atoms with Gasteiger partial charge in [-0.25, -0.2) is 0 Å². The number of aliphatic hydroxyl groups excluding tert-OH is 1. The average molecular weight is 415 g/mol. The molecule has 3 aromatic carbocycles. The van der Waals surface area contributed by atoms with Crippen molar-refractivity contribution in [3.8, 4) is 23.0 Å². The summed E-state index contributed by atoms with van der Waals surface area (Å²) >= 11 is 6.15. The van der Waals surface area contributed by atoms with Crippen LogP contribution in [0.1, 0.15) is 30.6 Å². The predicted molar refractivity (Wildman–Crippen MR) is 113 cm³/mol. The first-order chi connectivity index (χ1) is 13.9. The minimum atomic E-state index is -0.798. The minimum Gasteiger partial charge on any atom is -0.493 e. The van der Waals surface area contributed by atoms with Crippen molar-refractivity contribution in [2.24, 2.45) is 0 Å². The fourth-order valence-corrected chi connectivity index (χ4v) is 4.15. The van der Waals surface area contributed by atoms with Crippen LogP contribution in [0.25, 0.3) is 10.8 Å². The maximum absolute atomic E-state index is 10.9. The number of methoxy groups -OCH3 is 3. The Morgan fingerprint density at radius 1 is 1.00 bits per heavy atom. The second kappa shape index (κ2) is 7.32. The zero-order chi connectivity index (χ0) is 20.8. The fraction of sp³-hybridized carbons (Fsp3) is 0.304. The molecule has 0 radical (unpaired) electrons. The second-order valence-electron chi connectivity index (χ2n) is 7.32. The van der Waals surface area contributed by atoms with E-state index in [4.69, 9.17) is 30.5 Å². The van der Waals surface area contributed by atoms with Crippen molar-refractivity contribution in [1.29, 1.82) is 0 Å². The lowest BCUT2D eigenvalue weighted by atomic mass is 9.83. The Morgan fingerprint density at radius 2 is 1.69 bits per heavy atom. The molecule has 0 saturated heterocycles. The normalized spacial score (nSPS) is 20.7. The number of ether oxygens (including phenoxy) is 4. The van der Waals surface area contributed by atoms with Gasteiger partial charge in [0.25, 0.3) is 0 Å². The highest BCUT2D eigenvalue weighted by atomic mass is 35.5. The molecule has 1 unspecified atom stereocenters. The molecule has 1 aliphatic rings. The van der Waals surface area contributed by atoms with Crippen LogP contribution in [0.4, 0.5) is 0 Å². The lowest BCUT2D eigenvalue weighted by molar-refractivity contribution is -0.00365. The number of hydrogen-bond acceptors (Lipinski definition) is 5. The molecule has 152 valence electrons. The summed E-state index contributed by atoms with van der Waals surface area (Å²) in [7, 11) is 4.72. The second-order valence-corrected chi connectivity index (χ2v) is 7.75. The van der Waals surface area contributed by atoms with Crippen molar-refractivity contribution in [1.82, 2.24) is 0 Å². The number of aliphatic hydroxyl groups is 1. The lowest BCUT2D eigenvalue weighted by Gasteiger charge is -2.39. The Kier molecular flexibility index (Phi) is 4.97. The van der Waals surface area contributed by atoms with Crippen LogP contribution in [0.15, 0.2) is 42.5 Å². The molecule has 0 aliphatic carbocycles. The molecule has 6 heteroatoms. The summed E-state index contributed by atoms with van der Waals surface area (Å²) in [5, 5.41) is 13.4. The van der Waals surface area contributed by atoms with E-state index >= 15 is 0 Å². The van der Waals surface area contributed by atoms with E-state index in [0.29, 0.717) is 34.4 Å². The molecular formula is C23H23ClO5. The molecule has 0 amide bonds. The maximum Gasteiger partial charge on any atom is 0.203 e. The third-order valence-corrected chi connectivity index (χ3v) is 5.74. The van der Waals surface area contributed by atoms with Gasteiger partial charge in [0.15, 0.2) is 11.5 Å². The zero-order valence-electron chi connectivity index (χ0n) is 16.8. The Balaban J connectivity index is 1.87. The third kappa shape index (κ3) is 3.24. The molecule has 29 heavy (non-hydrogen) atoms. The predicted octanol–water partition coefficient (Wildman–Crippen LogP) is 5.25. The molecule has 1 heterocycles. The van der Waals surface area contributed by atoms with Crippen LogP contribution in [0, 0.1) is 0 Å². The Labute approximate surface area is 174 Å². The van der Waals surface area contributed by atoms with Crippen LogP contribution in [-0.2, 0) is 5.60 Å². The van der Waals surface area contributed by atoms with Gasteiger partial charge in [0.1, 0.15) is 11.4 Å². The highest BCUT2D eigenvalue weighted by Crippen LogP contribution is 2.50. The quantitative estimate of drug-likeness (QED) is 0.631. The van der Waals surface area contributed by atoms with Crippen molar-refractivity contribution >= 4 is 22.4 Å². The number of halogens is 1. The van der Waals surface area contributed by atoms with E-state index in [1.165, 1.54) is 0 Å². The summed E-state index contributed by atoms with van der Waals surface area (Å²) in [6, 6.07) is 13.2. The highest BCUT2D eigenvalue weighted by Gasteiger charge is 2.40. The van der Waals surface area contributed by atoms with Gasteiger partial charge in [-0.05, 0) is 42.6 Å². The van der Waals surface area contributed by atoms with Gasteiger partial charge in [0.2, 0.25) is 5.75 Å². The Hall–Kier alpha value is -2.63. The van der Waals surface area contributed by atoms with Crippen LogP contribution in [0.2, 0.25) is 5.02 Å². The number of hydrogen-bond donors (Lipinski definition) is 1. The first-order valence-electron chi connectivity index (χ1n) is 9.30. The van der Waals surface area contributed by atoms with E-state index in [2.05, 4.69) is 0 Å². The van der Waals surface area contributed by atoms with Crippen LogP contribution in [0.5, 0.6) is 23.0 Å². The molecule has 1 N–H and O–H groups in total. The fourth-order valence-electron chi connectivity index (χ4n) is 3.97. The van der Waals surface area contributed by atoms with E-state index < -0.39 is 11.7 Å². The van der Waals surface area contributed by atoms with E-state index in [0.717, 1.165) is 21.9 Å². The van der Waals surface area contributed by atoms with Crippen LogP contribution >= 0.6 is 11.6 Å². The van der Waals surface area contributed by atoms with E-state index in [1.54, 1.807) is 21.3 Å². The Bertz CT molecular complexity index is 1060. The first kappa shape index (κ1) is 19.7. The zero-order valence-corrected chi connectivity index (χ0v) is 17.5. The van der Waals surface area contributed by atoms with Crippen molar-refractivity contribution in [2.45, 2.75) is 25.0 Å². The van der Waals surface area contributed by atoms with Gasteiger partial charge in [-0.1, -0.05) is 23.7 Å².